The van der Waals surface area contributed by atoms with Gasteiger partial charge >= 0.3 is 5.97 Å². The maximum absolute atomic E-state index is 12.4. The van der Waals surface area contributed by atoms with Crippen LogP contribution in [0, 0.1) is 17.8 Å². The fraction of sp³-hybridized carbons (Fsp3) is 0.567. The second-order valence-electron chi connectivity index (χ2n) is 11.4. The molecule has 1 saturated carbocycles. The number of nitrogens with zero attached hydrogens (tertiary/aromatic N) is 3. The summed E-state index contributed by atoms with van der Waals surface area (Å²) in [6.45, 7) is 11.9. The number of esters is 1. The van der Waals surface area contributed by atoms with E-state index in [0.717, 1.165) is 25.7 Å². The van der Waals surface area contributed by atoms with Crippen LogP contribution in [-0.2, 0) is 14.0 Å². The molecule has 2 aromatic rings. The number of carbonyl (C=O) groups is 1. The maximum Gasteiger partial charge on any atom is 0.306 e. The van der Waals surface area contributed by atoms with E-state index in [0.29, 0.717) is 25.6 Å². The third-order valence-electron chi connectivity index (χ3n) is 7.80. The minimum absolute atomic E-state index is 0.0734. The molecule has 0 unspecified atom stereocenters. The van der Waals surface area contributed by atoms with Crippen molar-refractivity contribution in [3.05, 3.63) is 71.1 Å². The van der Waals surface area contributed by atoms with E-state index in [1.54, 1.807) is 0 Å². The van der Waals surface area contributed by atoms with Crippen LogP contribution < -0.4 is 10.4 Å². The van der Waals surface area contributed by atoms with E-state index in [1.807, 2.05) is 6.92 Å². The molecule has 1 aliphatic carbocycles. The minimum atomic E-state index is -2.59. The number of azide groups is 1. The quantitative estimate of drug-likeness (QED) is 0.0830. The second-order valence-corrected chi connectivity index (χ2v) is 15.7. The Morgan fingerprint density at radius 1 is 1.05 bits per heavy atom. The van der Waals surface area contributed by atoms with E-state index < -0.39 is 8.32 Å². The highest BCUT2D eigenvalue weighted by atomic mass is 28.4. The highest BCUT2D eigenvalue weighted by molar-refractivity contribution is 6.99. The third kappa shape index (κ3) is 7.04. The van der Waals surface area contributed by atoms with Gasteiger partial charge < -0.3 is 9.16 Å². The van der Waals surface area contributed by atoms with Gasteiger partial charge in [0.25, 0.3) is 8.32 Å². The van der Waals surface area contributed by atoms with Gasteiger partial charge in [-0.1, -0.05) is 93.5 Å². The lowest BCUT2D eigenvalue weighted by molar-refractivity contribution is -0.145. The molecule has 3 rings (SSSR count). The Kier molecular flexibility index (Phi) is 10.4. The van der Waals surface area contributed by atoms with Gasteiger partial charge in [-0.3, -0.25) is 4.79 Å². The molecular weight excluding hydrogens is 478 g/mol. The van der Waals surface area contributed by atoms with Gasteiger partial charge in [-0.05, 0) is 71.3 Å². The summed E-state index contributed by atoms with van der Waals surface area (Å²) in [5.41, 5.74) is 9.24. The summed E-state index contributed by atoms with van der Waals surface area (Å²) in [4.78, 5) is 15.5. The Labute approximate surface area is 223 Å². The number of carbonyl (C=O) groups excluding carboxylic acids is 1. The van der Waals surface area contributed by atoms with E-state index in [9.17, 15) is 10.3 Å². The number of benzene rings is 2. The topological polar surface area (TPSA) is 84.3 Å². The highest BCUT2D eigenvalue weighted by Gasteiger charge is 2.50. The number of rotatable bonds is 11. The van der Waals surface area contributed by atoms with E-state index >= 15 is 0 Å². The molecule has 0 aliphatic heterocycles. The van der Waals surface area contributed by atoms with Gasteiger partial charge in [0, 0.05) is 24.0 Å². The van der Waals surface area contributed by atoms with Gasteiger partial charge in [-0.25, -0.2) is 0 Å². The Morgan fingerprint density at radius 2 is 1.65 bits per heavy atom. The van der Waals surface area contributed by atoms with Crippen LogP contribution in [-0.4, -0.2) is 33.5 Å². The van der Waals surface area contributed by atoms with Crippen LogP contribution in [0.2, 0.25) is 5.04 Å². The van der Waals surface area contributed by atoms with Crippen molar-refractivity contribution in [2.24, 2.45) is 22.9 Å². The first-order chi connectivity index (χ1) is 17.7. The van der Waals surface area contributed by atoms with Crippen molar-refractivity contribution in [1.82, 2.24) is 0 Å². The van der Waals surface area contributed by atoms with Crippen molar-refractivity contribution in [3.63, 3.8) is 0 Å². The van der Waals surface area contributed by atoms with Crippen LogP contribution in [0.4, 0.5) is 0 Å². The van der Waals surface area contributed by atoms with Gasteiger partial charge in [0.15, 0.2) is 0 Å². The predicted molar refractivity (Wildman–Crippen MR) is 152 cm³/mol. The smallest absolute Gasteiger partial charge is 0.306 e. The molecule has 0 spiro atoms. The highest BCUT2D eigenvalue weighted by Crippen LogP contribution is 2.41. The lowest BCUT2D eigenvalue weighted by Crippen LogP contribution is -2.66. The van der Waals surface area contributed by atoms with Crippen molar-refractivity contribution in [3.8, 4) is 0 Å². The molecule has 6 nitrogen and oxygen atoms in total. The average molecular weight is 522 g/mol. The first-order valence-electron chi connectivity index (χ1n) is 13.7. The lowest BCUT2D eigenvalue weighted by Gasteiger charge is -2.43. The van der Waals surface area contributed by atoms with E-state index in [4.69, 9.17) is 9.16 Å². The predicted octanol–water partition coefficient (Wildman–Crippen LogP) is 6.64. The van der Waals surface area contributed by atoms with Crippen LogP contribution in [0.3, 0.4) is 0 Å². The molecule has 0 heterocycles. The SMILES string of the molecule is CCOC(=O)C[C@H]1C[C@@H](C)C[C@@H](N=[N+]=[N-])[C@@H]1CCCO[Si](c1ccccc1)(c1ccccc1)C(C)(C)C. The molecule has 200 valence electrons. The van der Waals surface area contributed by atoms with Gasteiger partial charge in [0.2, 0.25) is 0 Å². The first-order valence-corrected chi connectivity index (χ1v) is 15.6. The normalized spacial score (nSPS) is 22.2. The van der Waals surface area contributed by atoms with Crippen molar-refractivity contribution in [2.45, 2.75) is 77.8 Å². The fourth-order valence-electron chi connectivity index (χ4n) is 6.29. The Morgan fingerprint density at radius 3 is 2.16 bits per heavy atom. The van der Waals surface area contributed by atoms with Crippen LogP contribution in [0.25, 0.3) is 10.4 Å². The van der Waals surface area contributed by atoms with Crippen molar-refractivity contribution < 1.29 is 14.0 Å². The molecule has 0 saturated heterocycles. The van der Waals surface area contributed by atoms with Gasteiger partial charge in [-0.2, -0.15) is 0 Å². The molecule has 0 amide bonds. The Balaban J connectivity index is 1.82. The van der Waals surface area contributed by atoms with Gasteiger partial charge in [-0.15, -0.1) is 0 Å². The Hall–Kier alpha value is -2.60. The summed E-state index contributed by atoms with van der Waals surface area (Å²) >= 11 is 0. The summed E-state index contributed by atoms with van der Waals surface area (Å²) in [6.07, 6.45) is 3.91. The van der Waals surface area contributed by atoms with Crippen molar-refractivity contribution in [1.29, 1.82) is 0 Å². The van der Waals surface area contributed by atoms with E-state index in [-0.39, 0.29) is 28.9 Å². The lowest BCUT2D eigenvalue weighted by atomic mass is 9.69. The van der Waals surface area contributed by atoms with Gasteiger partial charge in [0.05, 0.1) is 6.61 Å². The molecule has 7 heteroatoms. The summed E-state index contributed by atoms with van der Waals surface area (Å²) < 4.78 is 12.3. The molecular formula is C30H43N3O3Si. The molecule has 2 aromatic carbocycles. The monoisotopic (exact) mass is 521 g/mol. The zero-order valence-electron chi connectivity index (χ0n) is 23.1. The molecule has 0 aromatic heterocycles. The molecule has 1 fully saturated rings. The minimum Gasteiger partial charge on any atom is -0.466 e. The Bertz CT molecular complexity index is 996. The first kappa shape index (κ1) is 29.0. The second kappa shape index (κ2) is 13.3. The summed E-state index contributed by atoms with van der Waals surface area (Å²) in [5.74, 6) is 0.569. The van der Waals surface area contributed by atoms with E-state index in [2.05, 4.69) is 98.4 Å². The number of hydrogen-bond acceptors (Lipinski definition) is 4. The fourth-order valence-corrected chi connectivity index (χ4v) is 10.9. The zero-order valence-corrected chi connectivity index (χ0v) is 24.1. The number of ether oxygens (including phenoxy) is 1. The molecule has 4 atom stereocenters. The molecule has 0 radical (unpaired) electrons. The average Bonchev–Trinajstić information content (AvgIpc) is 2.86. The zero-order chi connectivity index (χ0) is 26.9. The van der Waals surface area contributed by atoms with Crippen LogP contribution in [0.15, 0.2) is 65.8 Å². The summed E-state index contributed by atoms with van der Waals surface area (Å²) in [5, 5.41) is 6.65. The van der Waals surface area contributed by atoms with Crippen LogP contribution in [0.1, 0.15) is 66.7 Å². The summed E-state index contributed by atoms with van der Waals surface area (Å²) in [7, 11) is -2.59. The van der Waals surface area contributed by atoms with Crippen LogP contribution >= 0.6 is 0 Å². The largest absolute Gasteiger partial charge is 0.466 e. The number of hydrogen-bond donors (Lipinski definition) is 0. The molecule has 37 heavy (non-hydrogen) atoms. The molecule has 0 N–H and O–H groups in total. The molecule has 1 aliphatic rings. The van der Waals surface area contributed by atoms with Gasteiger partial charge in [0.1, 0.15) is 0 Å². The van der Waals surface area contributed by atoms with Crippen molar-refractivity contribution >= 4 is 24.7 Å². The van der Waals surface area contributed by atoms with Crippen molar-refractivity contribution in [2.75, 3.05) is 13.2 Å². The summed E-state index contributed by atoms with van der Waals surface area (Å²) in [6, 6.07) is 21.2. The molecule has 0 bridgehead atoms. The standard InChI is InChI=1S/C30H43N3O3Si/c1-6-35-29(34)22-24-20-23(2)21-28(32-33-31)27(24)18-13-19-36-37(30(3,4)5,25-14-9-7-10-15-25)26-16-11-8-12-17-26/h7-12,14-17,23-24,27-28H,6,13,18-22H2,1-5H3/t23-,24-,27-,28-/m1/s1. The van der Waals surface area contributed by atoms with Crippen LogP contribution in [0.5, 0.6) is 0 Å². The maximum atomic E-state index is 12.4. The van der Waals surface area contributed by atoms with E-state index in [1.165, 1.54) is 10.4 Å². The third-order valence-corrected chi connectivity index (χ3v) is 12.8.